The number of nitrogens with one attached hydrogen (secondary N) is 1. The number of carbonyl (C=O) groups excluding carboxylic acids is 2. The summed E-state index contributed by atoms with van der Waals surface area (Å²) in [4.78, 5) is 24.7. The topological polar surface area (TPSA) is 67.9 Å². The lowest BCUT2D eigenvalue weighted by atomic mass is 10.0. The number of likely N-dealkylation sites (tertiary alicyclic amines) is 1. The molecule has 0 bridgehead atoms. The SMILES string of the molecule is COc1cc(CNC2CCc3c2ccc(Cl)c3C)ccc1OCCN1C(=O)CCC1=O. The second kappa shape index (κ2) is 9.28. The van der Waals surface area contributed by atoms with Crippen molar-refractivity contribution in [2.24, 2.45) is 0 Å². The highest BCUT2D eigenvalue weighted by Crippen LogP contribution is 2.36. The van der Waals surface area contributed by atoms with Crippen LogP contribution in [0.3, 0.4) is 0 Å². The minimum Gasteiger partial charge on any atom is -0.493 e. The fraction of sp³-hybridized carbons (Fsp3) is 0.417. The Hall–Kier alpha value is -2.57. The number of nitrogens with zero attached hydrogens (tertiary/aromatic N) is 1. The number of rotatable bonds is 8. The van der Waals surface area contributed by atoms with Crippen LogP contribution in [0.4, 0.5) is 0 Å². The van der Waals surface area contributed by atoms with Gasteiger partial charge in [0.2, 0.25) is 11.8 Å². The molecule has 0 radical (unpaired) electrons. The molecule has 2 aromatic rings. The van der Waals surface area contributed by atoms with Crippen molar-refractivity contribution < 1.29 is 19.1 Å². The largest absolute Gasteiger partial charge is 0.493 e. The van der Waals surface area contributed by atoms with Crippen molar-refractivity contribution in [3.8, 4) is 11.5 Å². The second-order valence-corrected chi connectivity index (χ2v) is 8.39. The zero-order valence-corrected chi connectivity index (χ0v) is 18.6. The molecule has 2 aromatic carbocycles. The van der Waals surface area contributed by atoms with E-state index in [4.69, 9.17) is 21.1 Å². The Bertz CT molecular complexity index is 991. The number of carbonyl (C=O) groups is 2. The molecule has 0 aromatic heterocycles. The smallest absolute Gasteiger partial charge is 0.229 e. The molecule has 2 aliphatic rings. The summed E-state index contributed by atoms with van der Waals surface area (Å²) in [6.45, 7) is 3.29. The molecule has 1 aliphatic carbocycles. The number of benzene rings is 2. The van der Waals surface area contributed by atoms with Gasteiger partial charge < -0.3 is 14.8 Å². The Morgan fingerprint density at radius 3 is 2.61 bits per heavy atom. The van der Waals surface area contributed by atoms with Crippen LogP contribution in [0.5, 0.6) is 11.5 Å². The third-order valence-corrected chi connectivity index (χ3v) is 6.54. The monoisotopic (exact) mass is 442 g/mol. The Labute approximate surface area is 187 Å². The highest BCUT2D eigenvalue weighted by Gasteiger charge is 2.28. The van der Waals surface area contributed by atoms with Gasteiger partial charge in [-0.15, -0.1) is 0 Å². The van der Waals surface area contributed by atoms with Crippen molar-refractivity contribution in [3.05, 3.63) is 57.6 Å². The first-order valence-corrected chi connectivity index (χ1v) is 11.0. The molecule has 1 N–H and O–H groups in total. The Morgan fingerprint density at radius 1 is 1.10 bits per heavy atom. The third-order valence-electron chi connectivity index (χ3n) is 6.13. The number of ether oxygens (including phenoxy) is 2. The molecule has 7 heteroatoms. The van der Waals surface area contributed by atoms with Crippen molar-refractivity contribution in [2.75, 3.05) is 20.3 Å². The maximum atomic E-state index is 11.7. The standard InChI is InChI=1S/C24H27ClN2O4/c1-15-17-5-7-20(18(17)4-6-19(15)25)26-14-16-3-8-21(22(13-16)30-2)31-12-11-27-23(28)9-10-24(27)29/h3-4,6,8,13,20,26H,5,7,9-12,14H2,1-2H3. The second-order valence-electron chi connectivity index (χ2n) is 7.99. The van der Waals surface area contributed by atoms with E-state index >= 15 is 0 Å². The van der Waals surface area contributed by atoms with Crippen LogP contribution in [-0.4, -0.2) is 37.0 Å². The van der Waals surface area contributed by atoms with E-state index in [1.165, 1.54) is 21.6 Å². The van der Waals surface area contributed by atoms with Gasteiger partial charge in [0.1, 0.15) is 6.61 Å². The van der Waals surface area contributed by atoms with E-state index < -0.39 is 0 Å². The maximum absolute atomic E-state index is 11.7. The molecular weight excluding hydrogens is 416 g/mol. The number of halogens is 1. The van der Waals surface area contributed by atoms with Crippen LogP contribution < -0.4 is 14.8 Å². The number of hydrogen-bond donors (Lipinski definition) is 1. The summed E-state index contributed by atoms with van der Waals surface area (Å²) in [5, 5.41) is 4.47. The van der Waals surface area contributed by atoms with Gasteiger partial charge in [0.05, 0.1) is 13.7 Å². The normalized spacial score (nSPS) is 17.9. The van der Waals surface area contributed by atoms with Crippen LogP contribution in [0.1, 0.15) is 47.6 Å². The molecule has 1 atom stereocenters. The third kappa shape index (κ3) is 4.55. The zero-order valence-electron chi connectivity index (χ0n) is 17.9. The molecule has 0 spiro atoms. The molecule has 164 valence electrons. The van der Waals surface area contributed by atoms with Gasteiger partial charge >= 0.3 is 0 Å². The van der Waals surface area contributed by atoms with E-state index in [0.29, 0.717) is 36.9 Å². The van der Waals surface area contributed by atoms with Crippen molar-refractivity contribution in [2.45, 2.75) is 45.2 Å². The molecule has 31 heavy (non-hydrogen) atoms. The molecule has 0 saturated carbocycles. The van der Waals surface area contributed by atoms with Crippen molar-refractivity contribution >= 4 is 23.4 Å². The van der Waals surface area contributed by atoms with Crippen LogP contribution >= 0.6 is 11.6 Å². The highest BCUT2D eigenvalue weighted by atomic mass is 35.5. The van der Waals surface area contributed by atoms with Gasteiger partial charge in [0, 0.05) is 30.5 Å². The molecule has 6 nitrogen and oxygen atoms in total. The van der Waals surface area contributed by atoms with Gasteiger partial charge in [0.15, 0.2) is 11.5 Å². The minimum atomic E-state index is -0.132. The van der Waals surface area contributed by atoms with Gasteiger partial charge in [-0.25, -0.2) is 0 Å². The fourth-order valence-corrected chi connectivity index (χ4v) is 4.54. The van der Waals surface area contributed by atoms with Crippen LogP contribution in [0.15, 0.2) is 30.3 Å². The van der Waals surface area contributed by atoms with Gasteiger partial charge in [-0.05, 0) is 60.2 Å². The van der Waals surface area contributed by atoms with E-state index in [9.17, 15) is 9.59 Å². The predicted molar refractivity (Wildman–Crippen MR) is 119 cm³/mol. The highest BCUT2D eigenvalue weighted by molar-refractivity contribution is 6.31. The summed E-state index contributed by atoms with van der Waals surface area (Å²) in [6.07, 6.45) is 2.68. The Balaban J connectivity index is 1.35. The lowest BCUT2D eigenvalue weighted by molar-refractivity contribution is -0.138. The van der Waals surface area contributed by atoms with Gasteiger partial charge in [-0.2, -0.15) is 0 Å². The van der Waals surface area contributed by atoms with E-state index in [2.05, 4.69) is 18.3 Å². The maximum Gasteiger partial charge on any atom is 0.229 e. The Kier molecular flexibility index (Phi) is 6.49. The quantitative estimate of drug-likeness (QED) is 0.627. The number of fused-ring (bicyclic) bond motifs is 1. The molecule has 4 rings (SSSR count). The van der Waals surface area contributed by atoms with E-state index in [1.54, 1.807) is 7.11 Å². The molecule has 2 amide bonds. The average molecular weight is 443 g/mol. The summed E-state index contributed by atoms with van der Waals surface area (Å²) in [6, 6.07) is 10.2. The van der Waals surface area contributed by atoms with Crippen molar-refractivity contribution in [1.29, 1.82) is 0 Å². The van der Waals surface area contributed by atoms with E-state index in [0.717, 1.165) is 23.4 Å². The molecule has 1 aliphatic heterocycles. The molecule has 1 heterocycles. The summed E-state index contributed by atoms with van der Waals surface area (Å²) < 4.78 is 11.3. The minimum absolute atomic E-state index is 0.132. The Morgan fingerprint density at radius 2 is 1.87 bits per heavy atom. The average Bonchev–Trinajstić information content (AvgIpc) is 3.33. The summed E-state index contributed by atoms with van der Waals surface area (Å²) >= 11 is 6.27. The van der Waals surface area contributed by atoms with E-state index in [1.807, 2.05) is 24.3 Å². The lowest BCUT2D eigenvalue weighted by Crippen LogP contribution is -2.33. The van der Waals surface area contributed by atoms with Crippen molar-refractivity contribution in [3.63, 3.8) is 0 Å². The summed E-state index contributed by atoms with van der Waals surface area (Å²) in [5.74, 6) is 0.968. The number of imide groups is 1. The van der Waals surface area contributed by atoms with Gasteiger partial charge in [0.25, 0.3) is 0 Å². The number of hydrogen-bond acceptors (Lipinski definition) is 5. The molecule has 1 saturated heterocycles. The number of amides is 2. The first-order valence-electron chi connectivity index (χ1n) is 10.6. The van der Waals surface area contributed by atoms with Gasteiger partial charge in [-0.1, -0.05) is 23.7 Å². The molecular formula is C24H27ClN2O4. The van der Waals surface area contributed by atoms with Crippen molar-refractivity contribution in [1.82, 2.24) is 10.2 Å². The summed E-state index contributed by atoms with van der Waals surface area (Å²) in [5.41, 5.74) is 4.97. The predicted octanol–water partition coefficient (Wildman–Crippen LogP) is 3.96. The van der Waals surface area contributed by atoms with Crippen LogP contribution in [0.2, 0.25) is 5.02 Å². The first-order chi connectivity index (χ1) is 15.0. The lowest BCUT2D eigenvalue weighted by Gasteiger charge is -2.17. The van der Waals surface area contributed by atoms with Gasteiger partial charge in [-0.3, -0.25) is 14.5 Å². The number of methoxy groups -OCH3 is 1. The van der Waals surface area contributed by atoms with Crippen LogP contribution in [-0.2, 0) is 22.6 Å². The molecule has 1 fully saturated rings. The summed E-state index contributed by atoms with van der Waals surface area (Å²) in [7, 11) is 1.60. The van der Waals surface area contributed by atoms with E-state index in [-0.39, 0.29) is 25.0 Å². The molecule has 1 unspecified atom stereocenters. The first kappa shape index (κ1) is 21.7. The zero-order chi connectivity index (χ0) is 22.0. The van der Waals surface area contributed by atoms with Crippen LogP contribution in [0.25, 0.3) is 0 Å². The van der Waals surface area contributed by atoms with Crippen LogP contribution in [0, 0.1) is 6.92 Å². The fourth-order valence-electron chi connectivity index (χ4n) is 4.37.